The van der Waals surface area contributed by atoms with Gasteiger partial charge in [-0.3, -0.25) is 4.57 Å². The van der Waals surface area contributed by atoms with Crippen molar-refractivity contribution in [3.63, 3.8) is 0 Å². The van der Waals surface area contributed by atoms with Crippen LogP contribution >= 0.6 is 7.60 Å². The van der Waals surface area contributed by atoms with Crippen molar-refractivity contribution in [3.8, 4) is 11.5 Å². The quantitative estimate of drug-likeness (QED) is 0.231. The molecule has 0 amide bonds. The molecule has 0 saturated carbocycles. The van der Waals surface area contributed by atoms with Gasteiger partial charge in [0, 0.05) is 14.2 Å². The minimum Gasteiger partial charge on any atom is -0.485 e. The predicted octanol–water partition coefficient (Wildman–Crippen LogP) is 5.79. The van der Waals surface area contributed by atoms with Crippen LogP contribution in [0.15, 0.2) is 48.5 Å². The molecule has 0 heterocycles. The van der Waals surface area contributed by atoms with Gasteiger partial charge in [-0.1, -0.05) is 49.7 Å². The molecule has 0 radical (unpaired) electrons. The second-order valence-corrected chi connectivity index (χ2v) is 8.86. The standard InChI is InChI=1S/C22H31O6P/c1-5-6-15-26-18(2)28-22-10-8-7-9-21(22)27-16-19-11-13-20(14-12-19)17-29(23,24-3)25-4/h7-14,18H,5-6,15-17H2,1-4H3. The summed E-state index contributed by atoms with van der Waals surface area (Å²) in [5.41, 5.74) is 1.86. The topological polar surface area (TPSA) is 63.2 Å². The third kappa shape index (κ3) is 7.82. The highest BCUT2D eigenvalue weighted by atomic mass is 31.2. The molecular formula is C22H31O6P. The Morgan fingerprint density at radius 1 is 0.931 bits per heavy atom. The summed E-state index contributed by atoms with van der Waals surface area (Å²) in [5.74, 6) is 1.31. The zero-order valence-electron chi connectivity index (χ0n) is 17.6. The van der Waals surface area contributed by atoms with Gasteiger partial charge in [0.2, 0.25) is 0 Å². The van der Waals surface area contributed by atoms with Crippen molar-refractivity contribution in [1.29, 1.82) is 0 Å². The van der Waals surface area contributed by atoms with E-state index in [1.807, 2.05) is 55.5 Å². The minimum absolute atomic E-state index is 0.230. The molecule has 0 aliphatic rings. The molecule has 0 aliphatic carbocycles. The van der Waals surface area contributed by atoms with Gasteiger partial charge >= 0.3 is 7.60 Å². The van der Waals surface area contributed by atoms with Gasteiger partial charge in [-0.25, -0.2) is 0 Å². The van der Waals surface area contributed by atoms with E-state index in [0.29, 0.717) is 24.7 Å². The molecule has 0 aromatic heterocycles. The van der Waals surface area contributed by atoms with Crippen LogP contribution in [0.3, 0.4) is 0 Å². The zero-order chi connectivity index (χ0) is 21.1. The Bertz CT molecular complexity index is 769. The molecule has 160 valence electrons. The fourth-order valence-electron chi connectivity index (χ4n) is 2.60. The van der Waals surface area contributed by atoms with Crippen molar-refractivity contribution < 1.29 is 27.8 Å². The third-order valence-electron chi connectivity index (χ3n) is 4.34. The van der Waals surface area contributed by atoms with Gasteiger partial charge in [-0.2, -0.15) is 0 Å². The monoisotopic (exact) mass is 422 g/mol. The first-order chi connectivity index (χ1) is 14.0. The lowest BCUT2D eigenvalue weighted by Crippen LogP contribution is -2.17. The molecule has 0 saturated heterocycles. The Morgan fingerprint density at radius 3 is 2.17 bits per heavy atom. The summed E-state index contributed by atoms with van der Waals surface area (Å²) in [6.07, 6.45) is 1.97. The lowest BCUT2D eigenvalue weighted by Gasteiger charge is -2.18. The number of hydrogen-bond acceptors (Lipinski definition) is 6. The fourth-order valence-corrected chi connectivity index (χ4v) is 3.67. The maximum atomic E-state index is 12.2. The van der Waals surface area contributed by atoms with Crippen molar-refractivity contribution >= 4 is 7.60 Å². The molecular weight excluding hydrogens is 391 g/mol. The maximum absolute atomic E-state index is 12.2. The highest BCUT2D eigenvalue weighted by Gasteiger charge is 2.21. The number of benzene rings is 2. The van der Waals surface area contributed by atoms with E-state index >= 15 is 0 Å². The van der Waals surface area contributed by atoms with Crippen molar-refractivity contribution in [1.82, 2.24) is 0 Å². The lowest BCUT2D eigenvalue weighted by molar-refractivity contribution is -0.0686. The van der Waals surface area contributed by atoms with Crippen molar-refractivity contribution in [2.24, 2.45) is 0 Å². The number of unbranched alkanes of at least 4 members (excludes halogenated alkanes) is 1. The molecule has 2 rings (SSSR count). The summed E-state index contributed by atoms with van der Waals surface area (Å²) >= 11 is 0. The summed E-state index contributed by atoms with van der Waals surface area (Å²) in [6.45, 7) is 5.06. The largest absolute Gasteiger partial charge is 0.485 e. The average molecular weight is 422 g/mol. The maximum Gasteiger partial charge on any atom is 0.334 e. The molecule has 2 aromatic carbocycles. The highest BCUT2D eigenvalue weighted by Crippen LogP contribution is 2.49. The minimum atomic E-state index is -3.07. The average Bonchev–Trinajstić information content (AvgIpc) is 2.74. The van der Waals surface area contributed by atoms with Crippen LogP contribution in [-0.2, 0) is 31.1 Å². The SMILES string of the molecule is CCCCOC(C)Oc1ccccc1OCc1ccc(CP(=O)(OC)OC)cc1. The number of para-hydroxylation sites is 2. The Kier molecular flexibility index (Phi) is 9.68. The first-order valence-electron chi connectivity index (χ1n) is 9.78. The Morgan fingerprint density at radius 2 is 1.55 bits per heavy atom. The zero-order valence-corrected chi connectivity index (χ0v) is 18.5. The molecule has 2 aromatic rings. The van der Waals surface area contributed by atoms with E-state index in [-0.39, 0.29) is 12.5 Å². The van der Waals surface area contributed by atoms with Crippen molar-refractivity contribution in [2.75, 3.05) is 20.8 Å². The van der Waals surface area contributed by atoms with Crippen molar-refractivity contribution in [3.05, 3.63) is 59.7 Å². The van der Waals surface area contributed by atoms with Gasteiger partial charge in [0.15, 0.2) is 17.8 Å². The lowest BCUT2D eigenvalue weighted by atomic mass is 10.2. The normalized spacial score (nSPS) is 12.6. The van der Waals surface area contributed by atoms with E-state index in [1.54, 1.807) is 0 Å². The van der Waals surface area contributed by atoms with Crippen LogP contribution in [0, 0.1) is 0 Å². The third-order valence-corrected chi connectivity index (χ3v) is 6.21. The van der Waals surface area contributed by atoms with Crippen LogP contribution in [0.2, 0.25) is 0 Å². The second kappa shape index (κ2) is 12.0. The van der Waals surface area contributed by atoms with Crippen LogP contribution < -0.4 is 9.47 Å². The van der Waals surface area contributed by atoms with E-state index < -0.39 is 7.60 Å². The Hall–Kier alpha value is -1.85. The van der Waals surface area contributed by atoms with Crippen LogP contribution in [0.1, 0.15) is 37.8 Å². The van der Waals surface area contributed by atoms with E-state index in [2.05, 4.69) is 6.92 Å². The van der Waals surface area contributed by atoms with E-state index in [4.69, 9.17) is 23.3 Å². The highest BCUT2D eigenvalue weighted by molar-refractivity contribution is 7.52. The van der Waals surface area contributed by atoms with Crippen LogP contribution in [0.4, 0.5) is 0 Å². The summed E-state index contributed by atoms with van der Waals surface area (Å²) in [6, 6.07) is 15.2. The van der Waals surface area contributed by atoms with Gasteiger partial charge < -0.3 is 23.3 Å². The molecule has 1 atom stereocenters. The summed E-state index contributed by atoms with van der Waals surface area (Å²) in [7, 11) is -0.291. The molecule has 6 nitrogen and oxygen atoms in total. The van der Waals surface area contributed by atoms with Gasteiger partial charge in [-0.15, -0.1) is 0 Å². The molecule has 0 aliphatic heterocycles. The van der Waals surface area contributed by atoms with Crippen molar-refractivity contribution in [2.45, 2.75) is 45.7 Å². The van der Waals surface area contributed by atoms with Gasteiger partial charge in [0.1, 0.15) is 6.61 Å². The second-order valence-electron chi connectivity index (χ2n) is 6.60. The fraction of sp³-hybridized carbons (Fsp3) is 0.455. The van der Waals surface area contributed by atoms with Gasteiger partial charge in [0.05, 0.1) is 12.8 Å². The number of rotatable bonds is 13. The smallest absolute Gasteiger partial charge is 0.334 e. The van der Waals surface area contributed by atoms with Crippen LogP contribution in [0.25, 0.3) is 0 Å². The van der Waals surface area contributed by atoms with E-state index in [9.17, 15) is 4.57 Å². The molecule has 0 fully saturated rings. The summed E-state index contributed by atoms with van der Waals surface area (Å²) in [5, 5.41) is 0. The Balaban J connectivity index is 1.93. The summed E-state index contributed by atoms with van der Waals surface area (Å²) in [4.78, 5) is 0. The molecule has 0 N–H and O–H groups in total. The summed E-state index contributed by atoms with van der Waals surface area (Å²) < 4.78 is 39.7. The van der Waals surface area contributed by atoms with Gasteiger partial charge in [0.25, 0.3) is 0 Å². The van der Waals surface area contributed by atoms with Crippen LogP contribution in [0.5, 0.6) is 11.5 Å². The van der Waals surface area contributed by atoms with E-state index in [0.717, 1.165) is 24.0 Å². The molecule has 29 heavy (non-hydrogen) atoms. The molecule has 0 spiro atoms. The number of ether oxygens (including phenoxy) is 3. The molecule has 7 heteroatoms. The van der Waals surface area contributed by atoms with Gasteiger partial charge in [-0.05, 0) is 36.6 Å². The first-order valence-corrected chi connectivity index (χ1v) is 11.5. The van der Waals surface area contributed by atoms with E-state index in [1.165, 1.54) is 14.2 Å². The predicted molar refractivity (Wildman–Crippen MR) is 113 cm³/mol. The number of hydrogen-bond donors (Lipinski definition) is 0. The Labute approximate surface area is 173 Å². The van der Waals surface area contributed by atoms with Crippen LogP contribution in [-0.4, -0.2) is 27.1 Å². The molecule has 1 unspecified atom stereocenters. The first kappa shape index (κ1) is 23.4. The molecule has 0 bridgehead atoms.